The lowest BCUT2D eigenvalue weighted by atomic mass is 10.1. The number of carbonyl (C=O) groups excluding carboxylic acids is 1. The zero-order chi connectivity index (χ0) is 12.1. The lowest BCUT2D eigenvalue weighted by Gasteiger charge is -2.20. The van der Waals surface area contributed by atoms with Gasteiger partial charge >= 0.3 is 5.97 Å². The number of carbonyl (C=O) groups is 1. The Morgan fingerprint density at radius 3 is 2.69 bits per heavy atom. The first-order chi connectivity index (χ1) is 7.56. The molecule has 0 unspecified atom stereocenters. The fourth-order valence-corrected chi connectivity index (χ4v) is 2.03. The topological polar surface area (TPSA) is 46.5 Å². The Kier molecular flexibility index (Phi) is 5.21. The first-order valence-corrected chi connectivity index (χ1v) is 6.26. The van der Waals surface area contributed by atoms with Crippen molar-refractivity contribution in [2.24, 2.45) is 0 Å². The second-order valence-corrected chi connectivity index (χ2v) is 4.68. The predicted molar refractivity (Wildman–Crippen MR) is 70.0 cm³/mol. The molecule has 0 aliphatic carbocycles. The average molecular weight is 334 g/mol. The molecule has 0 amide bonds. The quantitative estimate of drug-likeness (QED) is 0.680. The molecule has 4 heteroatoms. The van der Waals surface area contributed by atoms with Crippen LogP contribution in [0.25, 0.3) is 0 Å². The zero-order valence-electron chi connectivity index (χ0n) is 9.31. The minimum Gasteiger partial charge on any atom is -0.460 e. The second-order valence-electron chi connectivity index (χ2n) is 3.51. The highest BCUT2D eigenvalue weighted by molar-refractivity contribution is 14.1. The number of aliphatic hydroxyl groups is 1. The third-order valence-corrected chi connectivity index (χ3v) is 3.26. The van der Waals surface area contributed by atoms with E-state index in [2.05, 4.69) is 22.6 Å². The summed E-state index contributed by atoms with van der Waals surface area (Å²) in [5.41, 5.74) is 0.791. The van der Waals surface area contributed by atoms with Gasteiger partial charge < -0.3 is 9.84 Å². The van der Waals surface area contributed by atoms with Gasteiger partial charge in [-0.1, -0.05) is 25.1 Å². The van der Waals surface area contributed by atoms with Crippen molar-refractivity contribution in [3.63, 3.8) is 0 Å². The third kappa shape index (κ3) is 3.45. The molecule has 0 saturated heterocycles. The van der Waals surface area contributed by atoms with Crippen molar-refractivity contribution < 1.29 is 14.6 Å². The van der Waals surface area contributed by atoms with Crippen LogP contribution in [0.1, 0.15) is 31.9 Å². The molecule has 0 radical (unpaired) electrons. The van der Waals surface area contributed by atoms with Gasteiger partial charge in [0.05, 0.1) is 0 Å². The fraction of sp³-hybridized carbons (Fsp3) is 0.417. The number of hydrogen-bond donors (Lipinski definition) is 1. The highest BCUT2D eigenvalue weighted by Gasteiger charge is 2.21. The maximum atomic E-state index is 11.1. The summed E-state index contributed by atoms with van der Waals surface area (Å²) >= 11 is 2.15. The molecule has 16 heavy (non-hydrogen) atoms. The van der Waals surface area contributed by atoms with E-state index in [-0.39, 0.29) is 5.97 Å². The molecule has 0 aliphatic rings. The molecule has 0 aromatic heterocycles. The highest BCUT2D eigenvalue weighted by atomic mass is 127. The Morgan fingerprint density at radius 2 is 2.12 bits per heavy atom. The van der Waals surface area contributed by atoms with Crippen molar-refractivity contribution in [3.05, 3.63) is 33.4 Å². The Balaban J connectivity index is 2.74. The standard InChI is InChI=1S/C12H15IO3/c1-3-11(14)16-8(2)12(15)9-6-4-5-7-10(9)13/h4-8,12,15H,3H2,1-2H3/t8-,12+/m0/s1. The fourth-order valence-electron chi connectivity index (χ4n) is 1.32. The van der Waals surface area contributed by atoms with Crippen LogP contribution in [0.5, 0.6) is 0 Å². The number of hydrogen-bond acceptors (Lipinski definition) is 3. The summed E-state index contributed by atoms with van der Waals surface area (Å²) in [6.07, 6.45) is -0.977. The summed E-state index contributed by atoms with van der Waals surface area (Å²) in [6.45, 7) is 3.43. The van der Waals surface area contributed by atoms with Gasteiger partial charge in [-0.2, -0.15) is 0 Å². The molecule has 88 valence electrons. The summed E-state index contributed by atoms with van der Waals surface area (Å²) in [5.74, 6) is -0.294. The number of aliphatic hydroxyl groups excluding tert-OH is 1. The van der Waals surface area contributed by atoms with Gasteiger partial charge in [0.15, 0.2) is 0 Å². The third-order valence-electron chi connectivity index (χ3n) is 2.27. The van der Waals surface area contributed by atoms with Crippen molar-refractivity contribution in [3.8, 4) is 0 Å². The molecule has 2 atom stereocenters. The van der Waals surface area contributed by atoms with Crippen LogP contribution >= 0.6 is 22.6 Å². The zero-order valence-corrected chi connectivity index (χ0v) is 11.5. The maximum absolute atomic E-state index is 11.1. The van der Waals surface area contributed by atoms with Crippen LogP contribution in [0.3, 0.4) is 0 Å². The van der Waals surface area contributed by atoms with Gasteiger partial charge in [0.2, 0.25) is 0 Å². The van der Waals surface area contributed by atoms with Crippen LogP contribution in [-0.4, -0.2) is 17.2 Å². The van der Waals surface area contributed by atoms with Crippen molar-refractivity contribution >= 4 is 28.6 Å². The van der Waals surface area contributed by atoms with E-state index in [1.807, 2.05) is 24.3 Å². The SMILES string of the molecule is CCC(=O)O[C@@H](C)[C@@H](O)c1ccccc1I. The summed E-state index contributed by atoms with van der Waals surface area (Å²) in [5, 5.41) is 10.0. The van der Waals surface area contributed by atoms with Crippen LogP contribution < -0.4 is 0 Å². The number of esters is 1. The molecule has 0 aliphatic heterocycles. The summed E-state index contributed by atoms with van der Waals surface area (Å²) in [6, 6.07) is 7.51. The molecule has 1 rings (SSSR count). The predicted octanol–water partition coefficient (Wildman–Crippen LogP) is 2.67. The van der Waals surface area contributed by atoms with E-state index < -0.39 is 12.2 Å². The summed E-state index contributed by atoms with van der Waals surface area (Å²) < 4.78 is 6.04. The molecule has 1 N–H and O–H groups in total. The lowest BCUT2D eigenvalue weighted by molar-refractivity contribution is -0.153. The second kappa shape index (κ2) is 6.20. The largest absolute Gasteiger partial charge is 0.460 e. The minimum atomic E-state index is -0.774. The van der Waals surface area contributed by atoms with Gasteiger partial charge in [0, 0.05) is 9.99 Å². The molecule has 0 saturated carbocycles. The molecule has 0 bridgehead atoms. The number of halogens is 1. The van der Waals surface area contributed by atoms with E-state index in [1.165, 1.54) is 0 Å². The van der Waals surface area contributed by atoms with Crippen LogP contribution in [0.15, 0.2) is 24.3 Å². The molecule has 0 fully saturated rings. The molecule has 1 aromatic carbocycles. The molecule has 0 heterocycles. The Hall–Kier alpha value is -0.620. The van der Waals surface area contributed by atoms with Crippen LogP contribution in [0.2, 0.25) is 0 Å². The van der Waals surface area contributed by atoms with Crippen LogP contribution in [0, 0.1) is 3.57 Å². The number of rotatable bonds is 4. The van der Waals surface area contributed by atoms with Gasteiger partial charge in [0.25, 0.3) is 0 Å². The normalized spacial score (nSPS) is 14.2. The Labute approximate surface area is 109 Å². The van der Waals surface area contributed by atoms with E-state index in [0.717, 1.165) is 9.13 Å². The van der Waals surface area contributed by atoms with Gasteiger partial charge in [0.1, 0.15) is 12.2 Å². The number of ether oxygens (including phenoxy) is 1. The van der Waals surface area contributed by atoms with E-state index in [0.29, 0.717) is 6.42 Å². The van der Waals surface area contributed by atoms with E-state index in [1.54, 1.807) is 13.8 Å². The summed E-state index contributed by atoms with van der Waals surface area (Å²) in [7, 11) is 0. The molecule has 0 spiro atoms. The molecule has 3 nitrogen and oxygen atoms in total. The van der Waals surface area contributed by atoms with Gasteiger partial charge in [-0.3, -0.25) is 4.79 Å². The average Bonchev–Trinajstić information content (AvgIpc) is 2.28. The maximum Gasteiger partial charge on any atom is 0.305 e. The number of benzene rings is 1. The van der Waals surface area contributed by atoms with Gasteiger partial charge in [-0.05, 0) is 41.1 Å². The van der Waals surface area contributed by atoms with Crippen molar-refractivity contribution in [2.75, 3.05) is 0 Å². The van der Waals surface area contributed by atoms with E-state index >= 15 is 0 Å². The Morgan fingerprint density at radius 1 is 1.50 bits per heavy atom. The van der Waals surface area contributed by atoms with Gasteiger partial charge in [-0.25, -0.2) is 0 Å². The Bertz CT molecular complexity index is 365. The minimum absolute atomic E-state index is 0.294. The lowest BCUT2D eigenvalue weighted by Crippen LogP contribution is -2.22. The molecular formula is C12H15IO3. The molecular weight excluding hydrogens is 319 g/mol. The van der Waals surface area contributed by atoms with Gasteiger partial charge in [-0.15, -0.1) is 0 Å². The first kappa shape index (κ1) is 13.4. The van der Waals surface area contributed by atoms with Crippen LogP contribution in [0.4, 0.5) is 0 Å². The monoisotopic (exact) mass is 334 g/mol. The molecule has 1 aromatic rings. The van der Waals surface area contributed by atoms with E-state index in [9.17, 15) is 9.90 Å². The van der Waals surface area contributed by atoms with E-state index in [4.69, 9.17) is 4.74 Å². The van der Waals surface area contributed by atoms with Crippen molar-refractivity contribution in [1.82, 2.24) is 0 Å². The first-order valence-electron chi connectivity index (χ1n) is 5.18. The van der Waals surface area contributed by atoms with Crippen molar-refractivity contribution in [1.29, 1.82) is 0 Å². The summed E-state index contributed by atoms with van der Waals surface area (Å²) in [4.78, 5) is 11.1. The smallest absolute Gasteiger partial charge is 0.305 e. The van der Waals surface area contributed by atoms with Crippen LogP contribution in [-0.2, 0) is 9.53 Å². The highest BCUT2D eigenvalue weighted by Crippen LogP contribution is 2.24. The van der Waals surface area contributed by atoms with Crippen molar-refractivity contribution in [2.45, 2.75) is 32.5 Å².